The van der Waals surface area contributed by atoms with E-state index < -0.39 is 0 Å². The number of ether oxygens (including phenoxy) is 1. The summed E-state index contributed by atoms with van der Waals surface area (Å²) in [6.45, 7) is -0.243. The fourth-order valence-corrected chi connectivity index (χ4v) is 2.69. The van der Waals surface area contributed by atoms with Crippen LogP contribution < -0.4 is 10.6 Å². The van der Waals surface area contributed by atoms with Crippen molar-refractivity contribution in [1.82, 2.24) is 10.3 Å². The fourth-order valence-electron chi connectivity index (χ4n) is 1.64. The maximum Gasteiger partial charge on any atom is 0.246 e. The van der Waals surface area contributed by atoms with Crippen molar-refractivity contribution in [3.8, 4) is 10.6 Å². The molecule has 1 aromatic carbocycles. The summed E-state index contributed by atoms with van der Waals surface area (Å²) in [6.07, 6.45) is 0. The molecule has 122 valence electrons. The molecule has 0 unspecified atom stereocenters. The average Bonchev–Trinajstić information content (AvgIpc) is 2.97. The number of amides is 2. The lowest BCUT2D eigenvalue weighted by molar-refractivity contribution is -0.127. The van der Waals surface area contributed by atoms with Crippen LogP contribution in [0.1, 0.15) is 0 Å². The van der Waals surface area contributed by atoms with Gasteiger partial charge in [-0.2, -0.15) is 0 Å². The highest BCUT2D eigenvalue weighted by Gasteiger charge is 2.10. The molecule has 23 heavy (non-hydrogen) atoms. The van der Waals surface area contributed by atoms with Crippen LogP contribution in [-0.2, 0) is 14.3 Å². The fraction of sp³-hybridized carbons (Fsp3) is 0.214. The van der Waals surface area contributed by atoms with Crippen LogP contribution in [0, 0.1) is 0 Å². The van der Waals surface area contributed by atoms with E-state index in [0.29, 0.717) is 20.9 Å². The van der Waals surface area contributed by atoms with Crippen molar-refractivity contribution in [3.63, 3.8) is 0 Å². The van der Waals surface area contributed by atoms with E-state index in [1.807, 2.05) is 0 Å². The molecule has 1 aromatic heterocycles. The number of nitrogens with one attached hydrogen (secondary N) is 2. The van der Waals surface area contributed by atoms with Gasteiger partial charge in [-0.3, -0.25) is 9.59 Å². The number of nitrogens with zero attached hydrogens (tertiary/aromatic N) is 1. The highest BCUT2D eigenvalue weighted by atomic mass is 35.5. The standard InChI is InChI=1S/C14H13Cl2N3O3S/c1-22-6-13(21)17-5-12(20)18-11-7-23-14(19-11)8-2-3-9(15)10(16)4-8/h2-4,7H,5-6H2,1H3,(H,17,21)(H,18,20). The number of methoxy groups -OCH3 is 1. The zero-order chi connectivity index (χ0) is 16.8. The van der Waals surface area contributed by atoms with E-state index >= 15 is 0 Å². The molecule has 0 atom stereocenters. The Bertz CT molecular complexity index is 721. The summed E-state index contributed by atoms with van der Waals surface area (Å²) in [5.74, 6) is -0.333. The van der Waals surface area contributed by atoms with E-state index in [1.165, 1.54) is 18.4 Å². The zero-order valence-electron chi connectivity index (χ0n) is 12.1. The molecule has 0 saturated heterocycles. The molecule has 0 bridgehead atoms. The Morgan fingerprint density at radius 3 is 2.74 bits per heavy atom. The van der Waals surface area contributed by atoms with Crippen LogP contribution >= 0.6 is 34.5 Å². The first kappa shape index (κ1) is 17.7. The number of hydrogen-bond donors (Lipinski definition) is 2. The average molecular weight is 374 g/mol. The summed E-state index contributed by atoms with van der Waals surface area (Å²) in [7, 11) is 1.40. The maximum atomic E-state index is 11.7. The molecule has 6 nitrogen and oxygen atoms in total. The Morgan fingerprint density at radius 1 is 1.26 bits per heavy atom. The predicted molar refractivity (Wildman–Crippen MR) is 91.1 cm³/mol. The molecule has 0 aliphatic carbocycles. The highest BCUT2D eigenvalue weighted by molar-refractivity contribution is 7.13. The molecule has 2 N–H and O–H groups in total. The molecule has 2 aromatic rings. The van der Waals surface area contributed by atoms with Crippen molar-refractivity contribution in [2.45, 2.75) is 0 Å². The Hall–Kier alpha value is -1.67. The SMILES string of the molecule is COCC(=O)NCC(=O)Nc1csc(-c2ccc(Cl)c(Cl)c2)n1. The van der Waals surface area contributed by atoms with E-state index in [0.717, 1.165) is 5.56 Å². The van der Waals surface area contributed by atoms with Crippen molar-refractivity contribution in [1.29, 1.82) is 0 Å². The first-order valence-corrected chi connectivity index (χ1v) is 8.09. The topological polar surface area (TPSA) is 80.3 Å². The first-order chi connectivity index (χ1) is 11.0. The third kappa shape index (κ3) is 5.18. The predicted octanol–water partition coefficient (Wildman–Crippen LogP) is 2.82. The minimum Gasteiger partial charge on any atom is -0.375 e. The normalized spacial score (nSPS) is 10.4. The lowest BCUT2D eigenvalue weighted by Gasteiger charge is -2.04. The second-order valence-electron chi connectivity index (χ2n) is 4.42. The van der Waals surface area contributed by atoms with E-state index in [9.17, 15) is 9.59 Å². The molecule has 2 rings (SSSR count). The van der Waals surface area contributed by atoms with Gasteiger partial charge < -0.3 is 15.4 Å². The quantitative estimate of drug-likeness (QED) is 0.815. The van der Waals surface area contributed by atoms with Gasteiger partial charge in [0.05, 0.1) is 16.6 Å². The van der Waals surface area contributed by atoms with Crippen molar-refractivity contribution < 1.29 is 14.3 Å². The summed E-state index contributed by atoms with van der Waals surface area (Å²) in [5.41, 5.74) is 0.804. The van der Waals surface area contributed by atoms with Gasteiger partial charge in [-0.05, 0) is 12.1 Å². The van der Waals surface area contributed by atoms with Crippen LogP contribution in [0.15, 0.2) is 23.6 Å². The number of aromatic nitrogens is 1. The van der Waals surface area contributed by atoms with Crippen molar-refractivity contribution in [2.24, 2.45) is 0 Å². The van der Waals surface area contributed by atoms with E-state index in [2.05, 4.69) is 20.4 Å². The Kier molecular flexibility index (Phi) is 6.35. The molecular weight excluding hydrogens is 361 g/mol. The number of rotatable bonds is 6. The van der Waals surface area contributed by atoms with Crippen molar-refractivity contribution in [3.05, 3.63) is 33.6 Å². The third-order valence-corrected chi connectivity index (χ3v) is 4.29. The second-order valence-corrected chi connectivity index (χ2v) is 6.10. The smallest absolute Gasteiger partial charge is 0.246 e. The van der Waals surface area contributed by atoms with Crippen LogP contribution in [-0.4, -0.2) is 37.1 Å². The summed E-state index contributed by atoms with van der Waals surface area (Å²) >= 11 is 13.2. The summed E-state index contributed by atoms with van der Waals surface area (Å²) in [4.78, 5) is 27.2. The molecule has 0 radical (unpaired) electrons. The number of halogens is 2. The molecule has 9 heteroatoms. The van der Waals surface area contributed by atoms with Gasteiger partial charge >= 0.3 is 0 Å². The number of carbonyl (C=O) groups excluding carboxylic acids is 2. The maximum absolute atomic E-state index is 11.7. The number of carbonyl (C=O) groups is 2. The first-order valence-electron chi connectivity index (χ1n) is 6.46. The monoisotopic (exact) mass is 373 g/mol. The lowest BCUT2D eigenvalue weighted by Crippen LogP contribution is -2.34. The van der Waals surface area contributed by atoms with Crippen LogP contribution in [0.3, 0.4) is 0 Å². The van der Waals surface area contributed by atoms with Gasteiger partial charge in [0, 0.05) is 18.1 Å². The van der Waals surface area contributed by atoms with Gasteiger partial charge in [-0.1, -0.05) is 29.3 Å². The van der Waals surface area contributed by atoms with Gasteiger partial charge in [0.1, 0.15) is 17.4 Å². The summed E-state index contributed by atoms with van der Waals surface area (Å²) < 4.78 is 4.65. The largest absolute Gasteiger partial charge is 0.375 e. The molecule has 0 aliphatic heterocycles. The summed E-state index contributed by atoms with van der Waals surface area (Å²) in [5, 5.41) is 8.32. The minimum atomic E-state index is -0.375. The van der Waals surface area contributed by atoms with E-state index in [1.54, 1.807) is 23.6 Å². The number of anilines is 1. The van der Waals surface area contributed by atoms with Crippen molar-refractivity contribution >= 4 is 52.2 Å². The van der Waals surface area contributed by atoms with Gasteiger partial charge in [0.25, 0.3) is 0 Å². The Morgan fingerprint density at radius 2 is 2.04 bits per heavy atom. The molecule has 1 heterocycles. The van der Waals surface area contributed by atoms with Gasteiger partial charge in [0.2, 0.25) is 11.8 Å². The van der Waals surface area contributed by atoms with Crippen LogP contribution in [0.25, 0.3) is 10.6 Å². The molecule has 0 aliphatic rings. The summed E-state index contributed by atoms with van der Waals surface area (Å²) in [6, 6.07) is 5.19. The Balaban J connectivity index is 1.95. The van der Waals surface area contributed by atoms with E-state index in [-0.39, 0.29) is 25.0 Å². The zero-order valence-corrected chi connectivity index (χ0v) is 14.4. The Labute approximate surface area is 146 Å². The minimum absolute atomic E-state index is 0.0918. The molecule has 0 spiro atoms. The van der Waals surface area contributed by atoms with Gasteiger partial charge in [-0.15, -0.1) is 11.3 Å². The van der Waals surface area contributed by atoms with Crippen LogP contribution in [0.2, 0.25) is 10.0 Å². The molecule has 0 fully saturated rings. The number of hydrogen-bond acceptors (Lipinski definition) is 5. The molecule has 2 amide bonds. The lowest BCUT2D eigenvalue weighted by atomic mass is 10.2. The molecule has 0 saturated carbocycles. The van der Waals surface area contributed by atoms with E-state index in [4.69, 9.17) is 23.2 Å². The molecular formula is C14H13Cl2N3O3S. The number of benzene rings is 1. The van der Waals surface area contributed by atoms with Crippen LogP contribution in [0.5, 0.6) is 0 Å². The highest BCUT2D eigenvalue weighted by Crippen LogP contribution is 2.31. The van der Waals surface area contributed by atoms with Gasteiger partial charge in [-0.25, -0.2) is 4.98 Å². The van der Waals surface area contributed by atoms with Crippen LogP contribution in [0.4, 0.5) is 5.82 Å². The number of thiazole rings is 1. The van der Waals surface area contributed by atoms with Crippen molar-refractivity contribution in [2.75, 3.05) is 25.6 Å². The van der Waals surface area contributed by atoms with Gasteiger partial charge in [0.15, 0.2) is 0 Å². The third-order valence-electron chi connectivity index (χ3n) is 2.66. The second kappa shape index (κ2) is 8.26.